The van der Waals surface area contributed by atoms with Crippen LogP contribution in [0.15, 0.2) is 30.7 Å². The third-order valence-electron chi connectivity index (χ3n) is 4.33. The number of fused-ring (bicyclic) bond motifs is 3. The van der Waals surface area contributed by atoms with E-state index in [4.69, 9.17) is 15.9 Å². The second-order valence-electron chi connectivity index (χ2n) is 6.22. The molecule has 3 N–H and O–H groups in total. The van der Waals surface area contributed by atoms with E-state index in [2.05, 4.69) is 15.1 Å². The summed E-state index contributed by atoms with van der Waals surface area (Å²) < 4.78 is 45.0. The summed E-state index contributed by atoms with van der Waals surface area (Å²) in [5.74, 6) is 0.660. The van der Waals surface area contributed by atoms with Crippen LogP contribution in [0.2, 0.25) is 0 Å². The summed E-state index contributed by atoms with van der Waals surface area (Å²) in [7, 11) is 0. The quantitative estimate of drug-likeness (QED) is 0.629. The zero-order valence-corrected chi connectivity index (χ0v) is 15.7. The van der Waals surface area contributed by atoms with Crippen molar-refractivity contribution in [3.05, 3.63) is 41.2 Å². The first-order chi connectivity index (χ1) is 13.9. The second-order valence-corrected chi connectivity index (χ2v) is 7.31. The highest BCUT2D eigenvalue weighted by molar-refractivity contribution is 7.15. The fraction of sp³-hybridized carbons (Fsp3) is 0.222. The standard InChI is InChI=1S/C18H15F3N6OS/c19-18(20,21)8-27-16(24-9-25-27)17-26-15-12-2-1-10(11(6-22)7-23)5-13(12)28-4-3-14(15)29-17/h1-2,5-7,9,22H,3-4,8,23H2/b11-7+,22-6?. The van der Waals surface area contributed by atoms with E-state index in [1.165, 1.54) is 17.5 Å². The molecule has 0 spiro atoms. The molecule has 11 heteroatoms. The lowest BCUT2D eigenvalue weighted by atomic mass is 10.0. The Balaban J connectivity index is 1.76. The van der Waals surface area contributed by atoms with Crippen LogP contribution in [0.3, 0.4) is 0 Å². The lowest BCUT2D eigenvalue weighted by Gasteiger charge is -2.10. The summed E-state index contributed by atoms with van der Waals surface area (Å²) >= 11 is 1.28. The molecule has 0 saturated carbocycles. The lowest BCUT2D eigenvalue weighted by molar-refractivity contribution is -0.142. The SMILES string of the molecule is N=C/C(=C\N)c1ccc2c(c1)OCCc1sc(-c3ncnn3CC(F)(F)F)nc1-2. The number of thiazole rings is 1. The Kier molecular flexibility index (Phi) is 4.82. The van der Waals surface area contributed by atoms with Gasteiger partial charge in [0.2, 0.25) is 0 Å². The van der Waals surface area contributed by atoms with Crippen molar-refractivity contribution in [2.75, 3.05) is 6.61 Å². The largest absolute Gasteiger partial charge is 0.492 e. The third kappa shape index (κ3) is 3.73. The second kappa shape index (κ2) is 7.32. The van der Waals surface area contributed by atoms with Crippen molar-refractivity contribution in [2.45, 2.75) is 19.1 Å². The molecule has 4 rings (SSSR count). The predicted molar refractivity (Wildman–Crippen MR) is 103 cm³/mol. The first-order valence-electron chi connectivity index (χ1n) is 8.54. The number of halogens is 3. The Morgan fingerprint density at radius 1 is 1.38 bits per heavy atom. The Morgan fingerprint density at radius 2 is 2.21 bits per heavy atom. The molecule has 0 fully saturated rings. The van der Waals surface area contributed by atoms with Gasteiger partial charge < -0.3 is 15.9 Å². The summed E-state index contributed by atoms with van der Waals surface area (Å²) in [6.45, 7) is -0.833. The van der Waals surface area contributed by atoms with Crippen LogP contribution < -0.4 is 10.5 Å². The Hall–Kier alpha value is -3.21. The van der Waals surface area contributed by atoms with Crippen LogP contribution in [0.4, 0.5) is 13.2 Å². The number of nitrogens with one attached hydrogen (secondary N) is 1. The number of rotatable bonds is 4. The maximum absolute atomic E-state index is 12.8. The van der Waals surface area contributed by atoms with E-state index in [9.17, 15) is 13.2 Å². The van der Waals surface area contributed by atoms with Crippen LogP contribution in [0, 0.1) is 5.41 Å². The van der Waals surface area contributed by atoms with Crippen LogP contribution in [0.5, 0.6) is 5.75 Å². The summed E-state index contributed by atoms with van der Waals surface area (Å²) in [4.78, 5) is 9.44. The zero-order valence-electron chi connectivity index (χ0n) is 14.9. The minimum absolute atomic E-state index is 0.0802. The van der Waals surface area contributed by atoms with Gasteiger partial charge in [-0.1, -0.05) is 6.07 Å². The van der Waals surface area contributed by atoms with Gasteiger partial charge in [0.1, 0.15) is 18.6 Å². The van der Waals surface area contributed by atoms with Crippen LogP contribution in [0.1, 0.15) is 10.4 Å². The molecule has 1 aliphatic heterocycles. The van der Waals surface area contributed by atoms with E-state index in [0.717, 1.165) is 33.2 Å². The lowest BCUT2D eigenvalue weighted by Crippen LogP contribution is -2.19. The average molecular weight is 420 g/mol. The Morgan fingerprint density at radius 3 is 2.93 bits per heavy atom. The topological polar surface area (TPSA) is 103 Å². The van der Waals surface area contributed by atoms with Crippen LogP contribution in [-0.4, -0.2) is 38.7 Å². The van der Waals surface area contributed by atoms with Crippen LogP contribution in [-0.2, 0) is 13.0 Å². The van der Waals surface area contributed by atoms with Gasteiger partial charge in [-0.15, -0.1) is 11.3 Å². The van der Waals surface area contributed by atoms with Crippen molar-refractivity contribution < 1.29 is 17.9 Å². The maximum Gasteiger partial charge on any atom is 0.408 e. The van der Waals surface area contributed by atoms with E-state index < -0.39 is 12.7 Å². The highest BCUT2D eigenvalue weighted by Gasteiger charge is 2.31. The molecule has 1 aromatic carbocycles. The van der Waals surface area contributed by atoms with Crippen molar-refractivity contribution in [3.8, 4) is 27.8 Å². The highest BCUT2D eigenvalue weighted by Crippen LogP contribution is 2.41. The van der Waals surface area contributed by atoms with Gasteiger partial charge in [-0.2, -0.15) is 18.3 Å². The summed E-state index contributed by atoms with van der Waals surface area (Å²) in [5.41, 5.74) is 8.20. The van der Waals surface area contributed by atoms with E-state index in [0.29, 0.717) is 35.1 Å². The normalized spacial score (nSPS) is 14.0. The molecule has 0 saturated heterocycles. The molecule has 0 aliphatic carbocycles. The number of hydrogen-bond acceptors (Lipinski definition) is 7. The van der Waals surface area contributed by atoms with Crippen LogP contribution >= 0.6 is 11.3 Å². The third-order valence-corrected chi connectivity index (χ3v) is 5.44. The van der Waals surface area contributed by atoms with Crippen molar-refractivity contribution in [1.29, 1.82) is 5.41 Å². The van der Waals surface area contributed by atoms with Gasteiger partial charge in [-0.25, -0.2) is 14.6 Å². The Labute approximate surface area is 167 Å². The van der Waals surface area contributed by atoms with Gasteiger partial charge in [0, 0.05) is 34.8 Å². The summed E-state index contributed by atoms with van der Waals surface area (Å²) in [6.07, 6.45) is -0.260. The van der Waals surface area contributed by atoms with E-state index >= 15 is 0 Å². The fourth-order valence-electron chi connectivity index (χ4n) is 3.04. The van der Waals surface area contributed by atoms with Crippen molar-refractivity contribution in [1.82, 2.24) is 19.7 Å². The van der Waals surface area contributed by atoms with Gasteiger partial charge in [-0.3, -0.25) is 0 Å². The molecule has 0 bridgehead atoms. The molecule has 29 heavy (non-hydrogen) atoms. The molecule has 7 nitrogen and oxygen atoms in total. The highest BCUT2D eigenvalue weighted by atomic mass is 32.1. The maximum atomic E-state index is 12.8. The van der Waals surface area contributed by atoms with Crippen molar-refractivity contribution in [3.63, 3.8) is 0 Å². The zero-order chi connectivity index (χ0) is 20.6. The number of nitrogens with two attached hydrogens (primary N) is 1. The van der Waals surface area contributed by atoms with Crippen LogP contribution in [0.25, 0.3) is 27.7 Å². The number of nitrogens with zero attached hydrogens (tertiary/aromatic N) is 4. The molecule has 3 heterocycles. The number of hydrogen-bond donors (Lipinski definition) is 2. The minimum atomic E-state index is -4.41. The first kappa shape index (κ1) is 19.1. The van der Waals surface area contributed by atoms with E-state index in [1.54, 1.807) is 12.1 Å². The van der Waals surface area contributed by atoms with Crippen molar-refractivity contribution >= 4 is 23.1 Å². The number of aromatic nitrogens is 4. The summed E-state index contributed by atoms with van der Waals surface area (Å²) in [5, 5.41) is 11.5. The Bertz CT molecular complexity index is 1100. The molecule has 2 aromatic heterocycles. The smallest absolute Gasteiger partial charge is 0.408 e. The molecule has 3 aromatic rings. The molecule has 0 atom stereocenters. The molecule has 150 valence electrons. The van der Waals surface area contributed by atoms with E-state index in [1.807, 2.05) is 6.07 Å². The van der Waals surface area contributed by atoms with Gasteiger partial charge in [0.05, 0.1) is 12.3 Å². The monoisotopic (exact) mass is 420 g/mol. The average Bonchev–Trinajstić information content (AvgIpc) is 3.25. The number of ether oxygens (including phenoxy) is 1. The molecular weight excluding hydrogens is 405 g/mol. The predicted octanol–water partition coefficient (Wildman–Crippen LogP) is 3.51. The van der Waals surface area contributed by atoms with Gasteiger partial charge in [0.25, 0.3) is 0 Å². The number of allylic oxidation sites excluding steroid dienone is 1. The summed E-state index contributed by atoms with van der Waals surface area (Å²) in [6, 6.07) is 5.39. The number of alkyl halides is 3. The van der Waals surface area contributed by atoms with Gasteiger partial charge >= 0.3 is 6.18 Å². The first-order valence-corrected chi connectivity index (χ1v) is 9.36. The fourth-order valence-corrected chi connectivity index (χ4v) is 4.10. The minimum Gasteiger partial charge on any atom is -0.492 e. The van der Waals surface area contributed by atoms with E-state index in [-0.39, 0.29) is 5.82 Å². The van der Waals surface area contributed by atoms with Gasteiger partial charge in [0.15, 0.2) is 10.8 Å². The molecule has 0 unspecified atom stereocenters. The molecule has 0 amide bonds. The van der Waals surface area contributed by atoms with Gasteiger partial charge in [-0.05, 0) is 17.7 Å². The number of benzene rings is 1. The molecule has 0 radical (unpaired) electrons. The molecule has 1 aliphatic rings. The van der Waals surface area contributed by atoms with Crippen molar-refractivity contribution in [2.24, 2.45) is 5.73 Å². The molecular formula is C18H15F3N6OS.